The summed E-state index contributed by atoms with van der Waals surface area (Å²) in [4.78, 5) is 0. The van der Waals surface area contributed by atoms with E-state index in [2.05, 4.69) is 20.8 Å². The van der Waals surface area contributed by atoms with Crippen molar-refractivity contribution in [1.82, 2.24) is 0 Å². The normalized spacial score (nSPS) is 14.8. The molecular formula is C10H23NO. The maximum atomic E-state index is 9.65. The predicted molar refractivity (Wildman–Crippen MR) is 53.0 cm³/mol. The molecule has 0 aliphatic heterocycles. The van der Waals surface area contributed by atoms with E-state index in [4.69, 9.17) is 5.73 Å². The van der Waals surface area contributed by atoms with E-state index in [1.165, 1.54) is 0 Å². The van der Waals surface area contributed by atoms with Gasteiger partial charge in [0, 0.05) is 0 Å². The number of hydrogen-bond donors (Lipinski definition) is 2. The Morgan fingerprint density at radius 3 is 2.17 bits per heavy atom. The van der Waals surface area contributed by atoms with Crippen molar-refractivity contribution in [3.63, 3.8) is 0 Å². The zero-order chi connectivity index (χ0) is 9.61. The van der Waals surface area contributed by atoms with Crippen LogP contribution in [-0.4, -0.2) is 17.8 Å². The molecule has 3 N–H and O–H groups in total. The quantitative estimate of drug-likeness (QED) is 0.624. The van der Waals surface area contributed by atoms with Crippen LogP contribution in [0.3, 0.4) is 0 Å². The van der Waals surface area contributed by atoms with Gasteiger partial charge in [-0.3, -0.25) is 0 Å². The smallest absolute Gasteiger partial charge is 0.0588 e. The first-order chi connectivity index (χ1) is 5.48. The largest absolute Gasteiger partial charge is 0.393 e. The van der Waals surface area contributed by atoms with E-state index in [-0.39, 0.29) is 11.5 Å². The Bertz CT molecular complexity index is 107. The Kier molecular flexibility index (Phi) is 5.51. The molecule has 0 aromatic heterocycles. The van der Waals surface area contributed by atoms with Gasteiger partial charge in [-0.25, -0.2) is 0 Å². The van der Waals surface area contributed by atoms with Crippen LogP contribution >= 0.6 is 0 Å². The van der Waals surface area contributed by atoms with Gasteiger partial charge in [-0.05, 0) is 24.8 Å². The van der Waals surface area contributed by atoms with Crippen LogP contribution < -0.4 is 5.73 Å². The highest BCUT2D eigenvalue weighted by molar-refractivity contribution is 4.72. The Morgan fingerprint density at radius 2 is 1.75 bits per heavy atom. The van der Waals surface area contributed by atoms with Gasteiger partial charge in [0.25, 0.3) is 0 Å². The molecule has 0 bridgehead atoms. The first kappa shape index (κ1) is 11.9. The van der Waals surface area contributed by atoms with E-state index in [0.29, 0.717) is 0 Å². The molecule has 0 aromatic rings. The van der Waals surface area contributed by atoms with Crippen LogP contribution in [0.25, 0.3) is 0 Å². The molecular weight excluding hydrogens is 150 g/mol. The zero-order valence-electron chi connectivity index (χ0n) is 8.64. The van der Waals surface area contributed by atoms with Crippen molar-refractivity contribution in [2.45, 2.75) is 52.6 Å². The van der Waals surface area contributed by atoms with E-state index in [9.17, 15) is 5.11 Å². The van der Waals surface area contributed by atoms with Crippen molar-refractivity contribution in [2.75, 3.05) is 6.54 Å². The Labute approximate surface area is 76.2 Å². The van der Waals surface area contributed by atoms with E-state index < -0.39 is 0 Å². The van der Waals surface area contributed by atoms with Crippen LogP contribution in [0.5, 0.6) is 0 Å². The van der Waals surface area contributed by atoms with E-state index in [1.807, 2.05) is 0 Å². The average Bonchev–Trinajstić information content (AvgIpc) is 1.96. The van der Waals surface area contributed by atoms with Crippen molar-refractivity contribution >= 4 is 0 Å². The molecule has 0 aliphatic carbocycles. The average molecular weight is 173 g/mol. The lowest BCUT2D eigenvalue weighted by atomic mass is 9.86. The van der Waals surface area contributed by atoms with Gasteiger partial charge in [-0.1, -0.05) is 33.6 Å². The molecule has 0 fully saturated rings. The van der Waals surface area contributed by atoms with Crippen LogP contribution in [0.1, 0.15) is 46.5 Å². The van der Waals surface area contributed by atoms with Crippen LogP contribution in [0.2, 0.25) is 0 Å². The minimum atomic E-state index is -0.171. The third kappa shape index (κ3) is 5.56. The molecule has 0 aliphatic rings. The summed E-state index contributed by atoms with van der Waals surface area (Å²) in [7, 11) is 0. The lowest BCUT2D eigenvalue weighted by Gasteiger charge is -2.25. The van der Waals surface area contributed by atoms with Crippen LogP contribution in [0.4, 0.5) is 0 Å². The van der Waals surface area contributed by atoms with Gasteiger partial charge in [-0.2, -0.15) is 0 Å². The Balaban J connectivity index is 3.38. The third-order valence-electron chi connectivity index (χ3n) is 2.18. The number of nitrogens with two attached hydrogens (primary N) is 1. The van der Waals surface area contributed by atoms with Crippen molar-refractivity contribution < 1.29 is 5.11 Å². The summed E-state index contributed by atoms with van der Waals surface area (Å²) in [6, 6.07) is 0. The molecule has 2 heteroatoms. The van der Waals surface area contributed by atoms with Crippen molar-refractivity contribution in [2.24, 2.45) is 11.1 Å². The summed E-state index contributed by atoms with van der Waals surface area (Å²) in [5.41, 5.74) is 5.40. The highest BCUT2D eigenvalue weighted by Crippen LogP contribution is 2.23. The molecule has 2 nitrogen and oxygen atoms in total. The maximum absolute atomic E-state index is 9.65. The third-order valence-corrected chi connectivity index (χ3v) is 2.18. The molecule has 0 saturated heterocycles. The van der Waals surface area contributed by atoms with Crippen LogP contribution in [-0.2, 0) is 0 Å². The van der Waals surface area contributed by atoms with Gasteiger partial charge < -0.3 is 10.8 Å². The first-order valence-corrected chi connectivity index (χ1v) is 4.86. The fourth-order valence-corrected chi connectivity index (χ4v) is 1.09. The molecule has 0 radical (unpaired) electrons. The number of rotatable bonds is 5. The zero-order valence-corrected chi connectivity index (χ0v) is 8.64. The van der Waals surface area contributed by atoms with Gasteiger partial charge in [0.1, 0.15) is 0 Å². The lowest BCUT2D eigenvalue weighted by Crippen LogP contribution is -2.25. The molecule has 0 unspecified atom stereocenters. The maximum Gasteiger partial charge on any atom is 0.0588 e. The second kappa shape index (κ2) is 5.55. The number of aliphatic hydroxyl groups is 1. The number of unbranched alkanes of at least 4 members (excludes halogenated alkanes) is 2. The Morgan fingerprint density at radius 1 is 1.17 bits per heavy atom. The molecule has 0 rings (SSSR count). The second-order valence-corrected chi connectivity index (χ2v) is 4.52. The molecule has 0 heterocycles. The van der Waals surface area contributed by atoms with E-state index in [1.54, 1.807) is 0 Å². The fraction of sp³-hybridized carbons (Fsp3) is 1.00. The van der Waals surface area contributed by atoms with Crippen LogP contribution in [0.15, 0.2) is 0 Å². The minimum absolute atomic E-state index is 0.0305. The summed E-state index contributed by atoms with van der Waals surface area (Å²) in [5, 5.41) is 9.65. The summed E-state index contributed by atoms with van der Waals surface area (Å²) in [5.74, 6) is 0. The highest BCUT2D eigenvalue weighted by Gasteiger charge is 2.20. The SMILES string of the molecule is CC(C)(C)[C@@H](O)CCCCCN. The van der Waals surface area contributed by atoms with Gasteiger partial charge in [0.05, 0.1) is 6.10 Å². The predicted octanol–water partition coefficient (Wildman–Crippen LogP) is 1.91. The van der Waals surface area contributed by atoms with E-state index in [0.717, 1.165) is 32.2 Å². The highest BCUT2D eigenvalue weighted by atomic mass is 16.3. The molecule has 1 atom stereocenters. The summed E-state index contributed by atoms with van der Waals surface area (Å²) < 4.78 is 0. The van der Waals surface area contributed by atoms with Gasteiger partial charge in [-0.15, -0.1) is 0 Å². The number of aliphatic hydroxyl groups excluding tert-OH is 1. The van der Waals surface area contributed by atoms with Crippen molar-refractivity contribution in [3.05, 3.63) is 0 Å². The molecule has 74 valence electrons. The fourth-order valence-electron chi connectivity index (χ4n) is 1.09. The van der Waals surface area contributed by atoms with Gasteiger partial charge >= 0.3 is 0 Å². The minimum Gasteiger partial charge on any atom is -0.393 e. The van der Waals surface area contributed by atoms with E-state index >= 15 is 0 Å². The molecule has 0 saturated carbocycles. The standard InChI is InChI=1S/C10H23NO/c1-10(2,3)9(12)7-5-4-6-8-11/h9,12H,4-8,11H2,1-3H3/t9-/m0/s1. The number of hydrogen-bond acceptors (Lipinski definition) is 2. The van der Waals surface area contributed by atoms with Crippen molar-refractivity contribution in [1.29, 1.82) is 0 Å². The monoisotopic (exact) mass is 173 g/mol. The van der Waals surface area contributed by atoms with Crippen molar-refractivity contribution in [3.8, 4) is 0 Å². The second-order valence-electron chi connectivity index (χ2n) is 4.52. The first-order valence-electron chi connectivity index (χ1n) is 4.86. The van der Waals surface area contributed by atoms with Gasteiger partial charge in [0.2, 0.25) is 0 Å². The molecule has 0 amide bonds. The lowest BCUT2D eigenvalue weighted by molar-refractivity contribution is 0.0534. The van der Waals surface area contributed by atoms with Crippen LogP contribution in [0, 0.1) is 5.41 Å². The summed E-state index contributed by atoms with van der Waals surface area (Å²) in [6.07, 6.45) is 4.05. The summed E-state index contributed by atoms with van der Waals surface area (Å²) >= 11 is 0. The van der Waals surface area contributed by atoms with Gasteiger partial charge in [0.15, 0.2) is 0 Å². The molecule has 0 spiro atoms. The molecule has 0 aromatic carbocycles. The molecule has 12 heavy (non-hydrogen) atoms. The topological polar surface area (TPSA) is 46.2 Å². The Hall–Kier alpha value is -0.0800. The summed E-state index contributed by atoms with van der Waals surface area (Å²) in [6.45, 7) is 6.98.